The van der Waals surface area contributed by atoms with Crippen LogP contribution in [0, 0.1) is 0 Å². The summed E-state index contributed by atoms with van der Waals surface area (Å²) in [5, 5.41) is 1.34. The molecule has 23 heavy (non-hydrogen) atoms. The van der Waals surface area contributed by atoms with E-state index in [1.807, 2.05) is 24.3 Å². The molecular formula is C15H27N3O4Si. The summed E-state index contributed by atoms with van der Waals surface area (Å²) >= 11 is 0. The Bertz CT molecular complexity index is 485. The molecule has 130 valence electrons. The van der Waals surface area contributed by atoms with Gasteiger partial charge in [0.25, 0.3) is 5.91 Å². The fourth-order valence-electron chi connectivity index (χ4n) is 2.43. The Hall–Kier alpha value is -1.29. The second-order valence-electron chi connectivity index (χ2n) is 4.89. The third-order valence-corrected chi connectivity index (χ3v) is 6.59. The van der Waals surface area contributed by atoms with Crippen molar-refractivity contribution in [1.29, 1.82) is 0 Å². The molecule has 0 saturated heterocycles. The number of carbonyl (C=O) groups excluding carboxylic acids is 1. The number of hydrogen-bond acceptors (Lipinski definition) is 6. The number of nitrogens with zero attached hydrogens (tertiary/aromatic N) is 1. The maximum atomic E-state index is 12.5. The maximum absolute atomic E-state index is 12.5. The van der Waals surface area contributed by atoms with Gasteiger partial charge in [-0.1, -0.05) is 18.2 Å². The Morgan fingerprint density at radius 3 is 2.17 bits per heavy atom. The van der Waals surface area contributed by atoms with Crippen molar-refractivity contribution in [2.24, 2.45) is 0 Å². The van der Waals surface area contributed by atoms with Gasteiger partial charge in [-0.15, -0.1) is 0 Å². The SMILES string of the molecule is CNN(NC)C(=O)c1ccccc1CCC[Si](OC)(OC)OC. The van der Waals surface area contributed by atoms with Gasteiger partial charge in [-0.05, 0) is 24.5 Å². The first kappa shape index (κ1) is 19.8. The normalized spacial score (nSPS) is 11.5. The van der Waals surface area contributed by atoms with Crippen LogP contribution >= 0.6 is 0 Å². The van der Waals surface area contributed by atoms with Crippen LogP contribution in [0.2, 0.25) is 6.04 Å². The van der Waals surface area contributed by atoms with Gasteiger partial charge in [0.2, 0.25) is 0 Å². The van der Waals surface area contributed by atoms with E-state index >= 15 is 0 Å². The van der Waals surface area contributed by atoms with Crippen LogP contribution in [0.1, 0.15) is 22.3 Å². The summed E-state index contributed by atoms with van der Waals surface area (Å²) in [6, 6.07) is 8.28. The van der Waals surface area contributed by atoms with Crippen LogP contribution in [-0.2, 0) is 19.7 Å². The number of hydrazine groups is 2. The lowest BCUT2D eigenvalue weighted by Gasteiger charge is -2.24. The summed E-state index contributed by atoms with van der Waals surface area (Å²) in [6.45, 7) is 0. The molecule has 0 spiro atoms. The molecule has 0 aliphatic heterocycles. The lowest BCUT2D eigenvalue weighted by Crippen LogP contribution is -2.48. The summed E-state index contributed by atoms with van der Waals surface area (Å²) < 4.78 is 16.3. The third kappa shape index (κ3) is 5.10. The summed E-state index contributed by atoms with van der Waals surface area (Å²) in [4.78, 5) is 12.5. The highest BCUT2D eigenvalue weighted by Crippen LogP contribution is 2.19. The summed E-state index contributed by atoms with van der Waals surface area (Å²) in [7, 11) is 5.62. The summed E-state index contributed by atoms with van der Waals surface area (Å²) in [6.07, 6.45) is 1.55. The van der Waals surface area contributed by atoms with E-state index in [0.29, 0.717) is 11.6 Å². The van der Waals surface area contributed by atoms with Gasteiger partial charge >= 0.3 is 8.80 Å². The lowest BCUT2D eigenvalue weighted by molar-refractivity contribution is 0.0576. The highest BCUT2D eigenvalue weighted by molar-refractivity contribution is 6.60. The molecule has 0 radical (unpaired) electrons. The first-order valence-corrected chi connectivity index (χ1v) is 9.43. The fourth-order valence-corrected chi connectivity index (χ4v) is 4.16. The van der Waals surface area contributed by atoms with Gasteiger partial charge in [-0.25, -0.2) is 16.0 Å². The van der Waals surface area contributed by atoms with Crippen LogP contribution in [-0.4, -0.2) is 55.3 Å². The van der Waals surface area contributed by atoms with Crippen molar-refractivity contribution in [3.8, 4) is 0 Å². The van der Waals surface area contributed by atoms with E-state index < -0.39 is 8.80 Å². The molecule has 1 rings (SSSR count). The van der Waals surface area contributed by atoms with Crippen LogP contribution < -0.4 is 10.9 Å². The Morgan fingerprint density at radius 2 is 1.65 bits per heavy atom. The van der Waals surface area contributed by atoms with Gasteiger partial charge in [0.15, 0.2) is 0 Å². The molecule has 0 unspecified atom stereocenters. The molecule has 2 N–H and O–H groups in total. The van der Waals surface area contributed by atoms with Gasteiger partial charge in [0, 0.05) is 47.0 Å². The number of benzene rings is 1. The minimum atomic E-state index is -2.57. The van der Waals surface area contributed by atoms with Crippen LogP contribution in [0.15, 0.2) is 24.3 Å². The van der Waals surface area contributed by atoms with Crippen LogP contribution in [0.25, 0.3) is 0 Å². The van der Waals surface area contributed by atoms with Crippen molar-refractivity contribution in [3.63, 3.8) is 0 Å². The van der Waals surface area contributed by atoms with Gasteiger partial charge in [-0.3, -0.25) is 4.79 Å². The molecule has 7 nitrogen and oxygen atoms in total. The Kier molecular flexibility index (Phi) is 8.38. The standard InChI is InChI=1S/C15H27N3O4Si/c1-16-18(17-2)15(19)14-11-7-6-9-13(14)10-8-12-23(20-3,21-4)22-5/h6-7,9,11,16-17H,8,10,12H2,1-5H3. The van der Waals surface area contributed by atoms with Crippen LogP contribution in [0.4, 0.5) is 0 Å². The highest BCUT2D eigenvalue weighted by Gasteiger charge is 2.36. The Balaban J connectivity index is 2.80. The van der Waals surface area contributed by atoms with Gasteiger partial charge in [0.1, 0.15) is 0 Å². The van der Waals surface area contributed by atoms with E-state index in [0.717, 1.165) is 18.4 Å². The quantitative estimate of drug-likeness (QED) is 0.492. The summed E-state index contributed by atoms with van der Waals surface area (Å²) in [5.41, 5.74) is 7.26. The van der Waals surface area contributed by atoms with Gasteiger partial charge in [0.05, 0.1) is 0 Å². The number of aryl methyl sites for hydroxylation is 1. The topological polar surface area (TPSA) is 72.1 Å². The van der Waals surface area contributed by atoms with Crippen molar-refractivity contribution >= 4 is 14.7 Å². The van der Waals surface area contributed by atoms with Crippen molar-refractivity contribution in [2.45, 2.75) is 18.9 Å². The molecule has 0 saturated carbocycles. The van der Waals surface area contributed by atoms with Crippen molar-refractivity contribution in [1.82, 2.24) is 16.0 Å². The molecular weight excluding hydrogens is 314 g/mol. The molecule has 0 heterocycles. The van der Waals surface area contributed by atoms with E-state index in [9.17, 15) is 4.79 Å². The second-order valence-corrected chi connectivity index (χ2v) is 7.98. The first-order valence-electron chi connectivity index (χ1n) is 7.50. The van der Waals surface area contributed by atoms with Gasteiger partial charge < -0.3 is 13.3 Å². The zero-order chi connectivity index (χ0) is 17.3. The number of amides is 1. The number of nitrogens with one attached hydrogen (secondary N) is 2. The first-order chi connectivity index (χ1) is 11.1. The predicted octanol–water partition coefficient (Wildman–Crippen LogP) is 1.21. The van der Waals surface area contributed by atoms with E-state index in [1.54, 1.807) is 35.4 Å². The molecule has 1 aromatic rings. The molecule has 0 aromatic heterocycles. The molecule has 8 heteroatoms. The fraction of sp³-hybridized carbons (Fsp3) is 0.533. The third-order valence-electron chi connectivity index (χ3n) is 3.76. The minimum absolute atomic E-state index is 0.126. The van der Waals surface area contributed by atoms with Crippen molar-refractivity contribution in [3.05, 3.63) is 35.4 Å². The highest BCUT2D eigenvalue weighted by atomic mass is 28.4. The van der Waals surface area contributed by atoms with Crippen molar-refractivity contribution < 1.29 is 18.1 Å². The predicted molar refractivity (Wildman–Crippen MR) is 90.6 cm³/mol. The zero-order valence-corrected chi connectivity index (χ0v) is 15.5. The van der Waals surface area contributed by atoms with E-state index in [1.165, 1.54) is 5.12 Å². The average molecular weight is 341 g/mol. The van der Waals surface area contributed by atoms with E-state index in [4.69, 9.17) is 13.3 Å². The second kappa shape index (κ2) is 9.76. The zero-order valence-electron chi connectivity index (χ0n) is 14.5. The summed E-state index contributed by atoms with van der Waals surface area (Å²) in [5.74, 6) is -0.126. The average Bonchev–Trinajstić information content (AvgIpc) is 2.60. The molecule has 0 bridgehead atoms. The largest absolute Gasteiger partial charge is 0.500 e. The van der Waals surface area contributed by atoms with Gasteiger partial charge in [-0.2, -0.15) is 0 Å². The van der Waals surface area contributed by atoms with E-state index in [2.05, 4.69) is 10.9 Å². The Morgan fingerprint density at radius 1 is 1.09 bits per heavy atom. The van der Waals surface area contributed by atoms with Crippen molar-refractivity contribution in [2.75, 3.05) is 35.4 Å². The monoisotopic (exact) mass is 341 g/mol. The smallest absolute Gasteiger partial charge is 0.377 e. The molecule has 0 atom stereocenters. The molecule has 1 amide bonds. The van der Waals surface area contributed by atoms with Crippen LogP contribution in [0.5, 0.6) is 0 Å². The van der Waals surface area contributed by atoms with E-state index in [-0.39, 0.29) is 5.91 Å². The molecule has 0 aliphatic rings. The minimum Gasteiger partial charge on any atom is -0.377 e. The number of carbonyl (C=O) groups is 1. The lowest BCUT2D eigenvalue weighted by atomic mass is 10.0. The molecule has 1 aromatic carbocycles. The number of rotatable bonds is 10. The maximum Gasteiger partial charge on any atom is 0.500 e. The molecule has 0 aliphatic carbocycles. The molecule has 0 fully saturated rings. The Labute approximate surface area is 139 Å². The van der Waals surface area contributed by atoms with Crippen LogP contribution in [0.3, 0.4) is 0 Å². The number of hydrogen-bond donors (Lipinski definition) is 2.